The van der Waals surface area contributed by atoms with E-state index in [1.807, 2.05) is 0 Å². The number of Topliss-reactive ketones (excluding diaryl/α,β-unsaturated/α-hetero) is 1. The van der Waals surface area contributed by atoms with Gasteiger partial charge in [0.25, 0.3) is 0 Å². The van der Waals surface area contributed by atoms with Crippen LogP contribution in [0.1, 0.15) is 13.3 Å². The van der Waals surface area contributed by atoms with Gasteiger partial charge >= 0.3 is 0 Å². The Labute approximate surface area is 47.9 Å². The molecule has 46 valence electrons. The van der Waals surface area contributed by atoms with Crippen molar-refractivity contribution in [2.75, 3.05) is 0 Å². The topological polar surface area (TPSA) is 60.2 Å². The Balaban J connectivity index is 3.39. The molecule has 0 saturated heterocycles. The molecule has 0 aromatic carbocycles. The molecule has 0 radical (unpaired) electrons. The van der Waals surface area contributed by atoms with Crippen LogP contribution in [0.25, 0.3) is 0 Å². The normalized spacial score (nSPS) is 12.8. The lowest BCUT2D eigenvalue weighted by atomic mass is 10.2. The number of carbonyl (C=O) groups is 2. The molecule has 0 aliphatic rings. The number of rotatable bonds is 3. The molecule has 0 aliphatic carbocycles. The van der Waals surface area contributed by atoms with E-state index in [9.17, 15) is 9.59 Å². The molecule has 3 nitrogen and oxygen atoms in total. The first-order valence-electron chi connectivity index (χ1n) is 2.40. The molecule has 0 saturated carbocycles. The molecule has 0 spiro atoms. The van der Waals surface area contributed by atoms with Gasteiger partial charge in [-0.2, -0.15) is 0 Å². The first-order chi connectivity index (χ1) is 3.66. The SMILES string of the molecule is C[C@@H](N)CC(=O)C=O. The Bertz CT molecular complexity index is 98.6. The maximum absolute atomic E-state index is 10.2. The quantitative estimate of drug-likeness (QED) is 0.398. The fourth-order valence-corrected chi connectivity index (χ4v) is 0.365. The Morgan fingerprint density at radius 2 is 2.38 bits per heavy atom. The number of ketones is 1. The average molecular weight is 115 g/mol. The Morgan fingerprint density at radius 3 is 2.50 bits per heavy atom. The maximum Gasteiger partial charge on any atom is 0.196 e. The first kappa shape index (κ1) is 7.30. The lowest BCUT2D eigenvalue weighted by Gasteiger charge is -1.95. The minimum absolute atomic E-state index is 0.156. The van der Waals surface area contributed by atoms with Crippen LogP contribution in [0.3, 0.4) is 0 Å². The third-order valence-corrected chi connectivity index (χ3v) is 0.655. The van der Waals surface area contributed by atoms with E-state index in [0.717, 1.165) is 0 Å². The molecule has 0 amide bonds. The van der Waals surface area contributed by atoms with Crippen LogP contribution in [0.5, 0.6) is 0 Å². The lowest BCUT2D eigenvalue weighted by Crippen LogP contribution is -2.19. The lowest BCUT2D eigenvalue weighted by molar-refractivity contribution is -0.130. The molecule has 0 rings (SSSR count). The van der Waals surface area contributed by atoms with Crippen molar-refractivity contribution >= 4 is 12.1 Å². The fraction of sp³-hybridized carbons (Fsp3) is 0.600. The number of hydrogen-bond acceptors (Lipinski definition) is 3. The van der Waals surface area contributed by atoms with E-state index in [0.29, 0.717) is 6.29 Å². The van der Waals surface area contributed by atoms with Crippen molar-refractivity contribution in [3.63, 3.8) is 0 Å². The molecule has 0 aromatic heterocycles. The van der Waals surface area contributed by atoms with E-state index in [1.165, 1.54) is 0 Å². The minimum Gasteiger partial charge on any atom is -0.328 e. The zero-order chi connectivity index (χ0) is 6.57. The molecule has 0 bridgehead atoms. The summed E-state index contributed by atoms with van der Waals surface area (Å²) in [7, 11) is 0. The van der Waals surface area contributed by atoms with Crippen LogP contribution in [-0.4, -0.2) is 18.1 Å². The molecule has 0 fully saturated rings. The van der Waals surface area contributed by atoms with Crippen molar-refractivity contribution in [1.29, 1.82) is 0 Å². The summed E-state index contributed by atoms with van der Waals surface area (Å²) in [4.78, 5) is 19.8. The summed E-state index contributed by atoms with van der Waals surface area (Å²) in [5.41, 5.74) is 5.19. The largest absolute Gasteiger partial charge is 0.328 e. The second-order valence-corrected chi connectivity index (χ2v) is 1.77. The van der Waals surface area contributed by atoms with E-state index in [1.54, 1.807) is 6.92 Å². The van der Waals surface area contributed by atoms with Gasteiger partial charge in [0.15, 0.2) is 12.1 Å². The van der Waals surface area contributed by atoms with Gasteiger partial charge in [-0.3, -0.25) is 9.59 Å². The number of nitrogens with two attached hydrogens (primary N) is 1. The van der Waals surface area contributed by atoms with Gasteiger partial charge in [-0.15, -0.1) is 0 Å². The van der Waals surface area contributed by atoms with E-state index in [-0.39, 0.29) is 12.5 Å². The summed E-state index contributed by atoms with van der Waals surface area (Å²) in [5, 5.41) is 0. The van der Waals surface area contributed by atoms with Crippen LogP contribution >= 0.6 is 0 Å². The van der Waals surface area contributed by atoms with Gasteiger partial charge < -0.3 is 5.73 Å². The van der Waals surface area contributed by atoms with Gasteiger partial charge in [0.1, 0.15) is 0 Å². The van der Waals surface area contributed by atoms with Crippen LogP contribution < -0.4 is 5.73 Å². The van der Waals surface area contributed by atoms with E-state index < -0.39 is 5.78 Å². The number of aldehydes is 1. The van der Waals surface area contributed by atoms with Crippen molar-refractivity contribution in [1.82, 2.24) is 0 Å². The van der Waals surface area contributed by atoms with Crippen LogP contribution in [0.4, 0.5) is 0 Å². The van der Waals surface area contributed by atoms with Gasteiger partial charge in [0.2, 0.25) is 0 Å². The predicted molar refractivity (Wildman–Crippen MR) is 29.3 cm³/mol. The van der Waals surface area contributed by atoms with Gasteiger partial charge in [-0.25, -0.2) is 0 Å². The molecule has 1 atom stereocenters. The highest BCUT2D eigenvalue weighted by Crippen LogP contribution is 1.83. The van der Waals surface area contributed by atoms with Crippen LogP contribution in [0, 0.1) is 0 Å². The molecule has 0 heterocycles. The summed E-state index contributed by atoms with van der Waals surface area (Å²) >= 11 is 0. The zero-order valence-corrected chi connectivity index (χ0v) is 4.76. The Morgan fingerprint density at radius 1 is 1.88 bits per heavy atom. The predicted octanol–water partition coefficient (Wildman–Crippen LogP) is -0.508. The summed E-state index contributed by atoms with van der Waals surface area (Å²) in [5.74, 6) is -0.431. The molecular weight excluding hydrogens is 106 g/mol. The summed E-state index contributed by atoms with van der Waals surface area (Å²) in [6.07, 6.45) is 0.451. The van der Waals surface area contributed by atoms with E-state index in [2.05, 4.69) is 0 Å². The maximum atomic E-state index is 10.2. The van der Waals surface area contributed by atoms with E-state index >= 15 is 0 Å². The first-order valence-corrected chi connectivity index (χ1v) is 2.40. The minimum atomic E-state index is -0.431. The van der Waals surface area contributed by atoms with Crippen molar-refractivity contribution in [2.24, 2.45) is 5.73 Å². The van der Waals surface area contributed by atoms with Gasteiger partial charge in [0.05, 0.1) is 0 Å². The molecule has 2 N–H and O–H groups in total. The highest BCUT2D eigenvalue weighted by atomic mass is 16.2. The number of hydrogen-bond donors (Lipinski definition) is 1. The highest BCUT2D eigenvalue weighted by Gasteiger charge is 2.00. The van der Waals surface area contributed by atoms with Crippen LogP contribution in [0.2, 0.25) is 0 Å². The third kappa shape index (κ3) is 3.49. The molecule has 3 heteroatoms. The third-order valence-electron chi connectivity index (χ3n) is 0.655. The van der Waals surface area contributed by atoms with Crippen molar-refractivity contribution in [3.8, 4) is 0 Å². The average Bonchev–Trinajstić information content (AvgIpc) is 1.65. The summed E-state index contributed by atoms with van der Waals surface area (Å²) in [6.45, 7) is 1.68. The second kappa shape index (κ2) is 3.32. The van der Waals surface area contributed by atoms with E-state index in [4.69, 9.17) is 5.73 Å². The summed E-state index contributed by atoms with van der Waals surface area (Å²) < 4.78 is 0. The number of carbonyl (C=O) groups excluding carboxylic acids is 2. The van der Waals surface area contributed by atoms with Gasteiger partial charge in [-0.1, -0.05) is 0 Å². The molecule has 0 aliphatic heterocycles. The Kier molecular flexibility index (Phi) is 3.03. The van der Waals surface area contributed by atoms with Crippen LogP contribution in [-0.2, 0) is 9.59 Å². The Hall–Kier alpha value is -0.700. The molecular formula is C5H9NO2. The monoisotopic (exact) mass is 115 g/mol. The van der Waals surface area contributed by atoms with Gasteiger partial charge in [-0.05, 0) is 6.92 Å². The standard InChI is InChI=1S/C5H9NO2/c1-4(6)2-5(8)3-7/h3-4H,2,6H2,1H3/t4-/m1/s1. The zero-order valence-electron chi connectivity index (χ0n) is 4.76. The molecule has 0 unspecified atom stereocenters. The smallest absolute Gasteiger partial charge is 0.196 e. The summed E-state index contributed by atoms with van der Waals surface area (Å²) in [6, 6.07) is -0.201. The van der Waals surface area contributed by atoms with Crippen molar-refractivity contribution in [2.45, 2.75) is 19.4 Å². The van der Waals surface area contributed by atoms with Crippen molar-refractivity contribution < 1.29 is 9.59 Å². The van der Waals surface area contributed by atoms with Crippen LogP contribution in [0.15, 0.2) is 0 Å². The second-order valence-electron chi connectivity index (χ2n) is 1.77. The fourth-order valence-electron chi connectivity index (χ4n) is 0.365. The van der Waals surface area contributed by atoms with Gasteiger partial charge in [0, 0.05) is 12.5 Å². The molecule has 8 heavy (non-hydrogen) atoms. The van der Waals surface area contributed by atoms with Crippen molar-refractivity contribution in [3.05, 3.63) is 0 Å². The highest BCUT2D eigenvalue weighted by molar-refractivity contribution is 6.25. The molecule has 0 aromatic rings.